The highest BCUT2D eigenvalue weighted by Crippen LogP contribution is 2.18. The third-order valence-corrected chi connectivity index (χ3v) is 3.29. The van der Waals surface area contributed by atoms with Crippen LogP contribution in [0.3, 0.4) is 0 Å². The van der Waals surface area contributed by atoms with Gasteiger partial charge in [-0.05, 0) is 20.8 Å². The zero-order chi connectivity index (χ0) is 14.5. The second kappa shape index (κ2) is 6.54. The van der Waals surface area contributed by atoms with Crippen molar-refractivity contribution in [3.63, 3.8) is 0 Å². The molecule has 2 heterocycles. The zero-order valence-corrected chi connectivity index (χ0v) is 12.3. The first-order valence-electron chi connectivity index (χ1n) is 7.10. The first kappa shape index (κ1) is 14.6. The lowest BCUT2D eigenvalue weighted by atomic mass is 10.1. The topological polar surface area (TPSA) is 67.4 Å². The summed E-state index contributed by atoms with van der Waals surface area (Å²) in [5.74, 6) is 1.35. The molecule has 2 rings (SSSR count). The molecule has 1 aromatic heterocycles. The van der Waals surface area contributed by atoms with Gasteiger partial charge in [-0.2, -0.15) is 4.98 Å². The molecule has 1 saturated heterocycles. The fraction of sp³-hybridized carbons (Fsp3) is 0.643. The third-order valence-electron chi connectivity index (χ3n) is 3.29. The lowest BCUT2D eigenvalue weighted by Crippen LogP contribution is -2.46. The van der Waals surface area contributed by atoms with Gasteiger partial charge in [0.15, 0.2) is 0 Å². The molecule has 1 aliphatic rings. The van der Waals surface area contributed by atoms with Crippen molar-refractivity contribution in [2.75, 3.05) is 19.6 Å². The van der Waals surface area contributed by atoms with Crippen LogP contribution in [0.5, 0.6) is 5.88 Å². The quantitative estimate of drug-likeness (QED) is 0.913. The van der Waals surface area contributed by atoms with Crippen molar-refractivity contribution in [1.82, 2.24) is 20.2 Å². The summed E-state index contributed by atoms with van der Waals surface area (Å²) in [6, 6.07) is 1.86. The molecular formula is C14H22N4O2. The molecule has 0 unspecified atom stereocenters. The Morgan fingerprint density at radius 3 is 2.70 bits per heavy atom. The van der Waals surface area contributed by atoms with Crippen LogP contribution in [0.1, 0.15) is 31.3 Å². The number of ether oxygens (including phenoxy) is 1. The third kappa shape index (κ3) is 3.82. The maximum absolute atomic E-state index is 11.7. The number of nitrogens with zero attached hydrogens (tertiary/aromatic N) is 3. The van der Waals surface area contributed by atoms with Gasteiger partial charge in [-0.1, -0.05) is 0 Å². The van der Waals surface area contributed by atoms with Crippen LogP contribution < -0.4 is 10.1 Å². The number of rotatable bonds is 3. The number of amides is 2. The average molecular weight is 278 g/mol. The molecule has 1 N–H and O–H groups in total. The van der Waals surface area contributed by atoms with Crippen LogP contribution in [0.4, 0.5) is 4.79 Å². The minimum Gasteiger partial charge on any atom is -0.474 e. The lowest BCUT2D eigenvalue weighted by molar-refractivity contribution is 0.107. The number of aromatic nitrogens is 2. The largest absolute Gasteiger partial charge is 0.474 e. The predicted molar refractivity (Wildman–Crippen MR) is 75.8 cm³/mol. The normalized spacial score (nSPS) is 16.1. The monoisotopic (exact) mass is 278 g/mol. The van der Waals surface area contributed by atoms with Crippen molar-refractivity contribution in [3.05, 3.63) is 17.6 Å². The molecule has 6 nitrogen and oxygen atoms in total. The SMILES string of the molecule is CCNC(=O)N1CCC(Oc2cc(C)nc(C)n2)CC1. The van der Waals surface area contributed by atoms with Crippen LogP contribution in [0.15, 0.2) is 6.07 Å². The Kier molecular flexibility index (Phi) is 4.76. The number of carbonyl (C=O) groups is 1. The van der Waals surface area contributed by atoms with Gasteiger partial charge in [0.2, 0.25) is 5.88 Å². The molecule has 2 amide bonds. The number of likely N-dealkylation sites (tertiary alicyclic amines) is 1. The van der Waals surface area contributed by atoms with Crippen LogP contribution in [-0.2, 0) is 0 Å². The summed E-state index contributed by atoms with van der Waals surface area (Å²) in [5, 5.41) is 2.82. The molecule has 0 saturated carbocycles. The summed E-state index contributed by atoms with van der Waals surface area (Å²) in [4.78, 5) is 22.1. The summed E-state index contributed by atoms with van der Waals surface area (Å²) in [6.07, 6.45) is 1.78. The minimum absolute atomic E-state index is 0.0136. The number of urea groups is 1. The Labute approximate surface area is 119 Å². The molecule has 0 bridgehead atoms. The van der Waals surface area contributed by atoms with Gasteiger partial charge in [0, 0.05) is 44.2 Å². The average Bonchev–Trinajstić information content (AvgIpc) is 2.38. The van der Waals surface area contributed by atoms with Crippen LogP contribution in [0, 0.1) is 13.8 Å². The van der Waals surface area contributed by atoms with Crippen molar-refractivity contribution >= 4 is 6.03 Å². The molecule has 1 fully saturated rings. The molecule has 20 heavy (non-hydrogen) atoms. The Morgan fingerprint density at radius 1 is 1.40 bits per heavy atom. The van der Waals surface area contributed by atoms with E-state index >= 15 is 0 Å². The fourth-order valence-corrected chi connectivity index (χ4v) is 2.35. The number of carbonyl (C=O) groups excluding carboxylic acids is 1. The number of aryl methyl sites for hydroxylation is 2. The van der Waals surface area contributed by atoms with Gasteiger partial charge in [0.1, 0.15) is 11.9 Å². The van der Waals surface area contributed by atoms with Crippen LogP contribution >= 0.6 is 0 Å². The highest BCUT2D eigenvalue weighted by atomic mass is 16.5. The van der Waals surface area contributed by atoms with E-state index < -0.39 is 0 Å². The Hall–Kier alpha value is -1.85. The number of nitrogens with one attached hydrogen (secondary N) is 1. The molecule has 110 valence electrons. The lowest BCUT2D eigenvalue weighted by Gasteiger charge is -2.31. The van der Waals surface area contributed by atoms with E-state index in [2.05, 4.69) is 15.3 Å². The fourth-order valence-electron chi connectivity index (χ4n) is 2.35. The molecule has 0 aliphatic carbocycles. The van der Waals surface area contributed by atoms with Gasteiger partial charge < -0.3 is 15.0 Å². The van der Waals surface area contributed by atoms with Crippen molar-refractivity contribution in [1.29, 1.82) is 0 Å². The predicted octanol–water partition coefficient (Wildman–Crippen LogP) is 1.67. The summed E-state index contributed by atoms with van der Waals surface area (Å²) in [5.41, 5.74) is 0.909. The van der Waals surface area contributed by atoms with Gasteiger partial charge >= 0.3 is 6.03 Å². The van der Waals surface area contributed by atoms with Gasteiger partial charge in [0.25, 0.3) is 0 Å². The van der Waals surface area contributed by atoms with Crippen LogP contribution in [0.2, 0.25) is 0 Å². The molecule has 0 spiro atoms. The highest BCUT2D eigenvalue weighted by molar-refractivity contribution is 5.74. The van der Waals surface area contributed by atoms with Gasteiger partial charge in [-0.25, -0.2) is 9.78 Å². The Bertz CT molecular complexity index is 450. The number of piperidine rings is 1. The van der Waals surface area contributed by atoms with Crippen molar-refractivity contribution in [2.24, 2.45) is 0 Å². The van der Waals surface area contributed by atoms with E-state index in [1.807, 2.05) is 31.7 Å². The molecule has 0 radical (unpaired) electrons. The second-order valence-corrected chi connectivity index (χ2v) is 5.03. The minimum atomic E-state index is 0.0136. The zero-order valence-electron chi connectivity index (χ0n) is 12.3. The molecule has 0 atom stereocenters. The van der Waals surface area contributed by atoms with Crippen molar-refractivity contribution in [3.8, 4) is 5.88 Å². The van der Waals surface area contributed by atoms with E-state index in [0.717, 1.165) is 37.4 Å². The number of hydrogen-bond acceptors (Lipinski definition) is 4. The van der Waals surface area contributed by atoms with E-state index in [4.69, 9.17) is 4.74 Å². The van der Waals surface area contributed by atoms with E-state index in [1.54, 1.807) is 0 Å². The van der Waals surface area contributed by atoms with E-state index in [1.165, 1.54) is 0 Å². The second-order valence-electron chi connectivity index (χ2n) is 5.03. The van der Waals surface area contributed by atoms with E-state index in [-0.39, 0.29) is 12.1 Å². The maximum atomic E-state index is 11.7. The van der Waals surface area contributed by atoms with Crippen molar-refractivity contribution in [2.45, 2.75) is 39.7 Å². The van der Waals surface area contributed by atoms with E-state index in [0.29, 0.717) is 12.4 Å². The standard InChI is InChI=1S/C14H22N4O2/c1-4-15-14(19)18-7-5-12(6-8-18)20-13-9-10(2)16-11(3)17-13/h9,12H,4-8H2,1-3H3,(H,15,19). The van der Waals surface area contributed by atoms with Gasteiger partial charge in [-0.15, -0.1) is 0 Å². The van der Waals surface area contributed by atoms with Crippen LogP contribution in [0.25, 0.3) is 0 Å². The summed E-state index contributed by atoms with van der Waals surface area (Å²) >= 11 is 0. The maximum Gasteiger partial charge on any atom is 0.317 e. The molecule has 6 heteroatoms. The molecule has 0 aromatic carbocycles. The molecule has 1 aliphatic heterocycles. The summed E-state index contributed by atoms with van der Waals surface area (Å²) < 4.78 is 5.90. The van der Waals surface area contributed by atoms with Crippen molar-refractivity contribution < 1.29 is 9.53 Å². The summed E-state index contributed by atoms with van der Waals surface area (Å²) in [7, 11) is 0. The van der Waals surface area contributed by atoms with Crippen LogP contribution in [-0.4, -0.2) is 46.6 Å². The molecule has 1 aromatic rings. The Morgan fingerprint density at radius 2 is 2.10 bits per heavy atom. The highest BCUT2D eigenvalue weighted by Gasteiger charge is 2.23. The smallest absolute Gasteiger partial charge is 0.317 e. The number of hydrogen-bond donors (Lipinski definition) is 1. The Balaban J connectivity index is 1.86. The van der Waals surface area contributed by atoms with E-state index in [9.17, 15) is 4.79 Å². The summed E-state index contributed by atoms with van der Waals surface area (Å²) in [6.45, 7) is 7.82. The first-order chi connectivity index (χ1) is 9.58. The van der Waals surface area contributed by atoms with Gasteiger partial charge in [0.05, 0.1) is 0 Å². The first-order valence-corrected chi connectivity index (χ1v) is 7.10. The van der Waals surface area contributed by atoms with Gasteiger partial charge in [-0.3, -0.25) is 0 Å². The molecular weight excluding hydrogens is 256 g/mol.